The topological polar surface area (TPSA) is 82.0 Å². The molecule has 0 spiro atoms. The van der Waals surface area contributed by atoms with E-state index in [4.69, 9.17) is 0 Å². The highest BCUT2D eigenvalue weighted by molar-refractivity contribution is 7.99. The number of aryl methyl sites for hydroxylation is 2. The van der Waals surface area contributed by atoms with E-state index < -0.39 is 0 Å². The highest BCUT2D eigenvalue weighted by atomic mass is 32.2. The van der Waals surface area contributed by atoms with Crippen LogP contribution in [0.2, 0.25) is 0 Å². The molecule has 0 saturated heterocycles. The number of imidazole rings is 2. The Kier molecular flexibility index (Phi) is 3.83. The van der Waals surface area contributed by atoms with Gasteiger partial charge in [-0.3, -0.25) is 14.5 Å². The summed E-state index contributed by atoms with van der Waals surface area (Å²) in [6.45, 7) is 0. The number of fused-ring (bicyclic) bond motifs is 4. The average Bonchev–Trinajstić information content (AvgIpc) is 3.35. The third-order valence-electron chi connectivity index (χ3n) is 4.77. The number of para-hydroxylation sites is 4. The number of hydrogen-bond acceptors (Lipinski definition) is 5. The van der Waals surface area contributed by atoms with E-state index in [1.54, 1.807) is 0 Å². The largest absolute Gasteiger partial charge is 0.313 e. The lowest BCUT2D eigenvalue weighted by Gasteiger charge is -2.04. The first-order valence-corrected chi connectivity index (χ1v) is 9.74. The molecule has 0 aliphatic carbocycles. The summed E-state index contributed by atoms with van der Waals surface area (Å²) in [7, 11) is 3.84. The van der Waals surface area contributed by atoms with Crippen molar-refractivity contribution in [2.75, 3.05) is 11.1 Å². The summed E-state index contributed by atoms with van der Waals surface area (Å²) >= 11 is 1.35. The summed E-state index contributed by atoms with van der Waals surface area (Å²) in [5.41, 5.74) is 3.91. The van der Waals surface area contributed by atoms with Crippen LogP contribution in [0.1, 0.15) is 0 Å². The standard InChI is InChI=1S/C19H17N7OS/c1-24-13-8-4-3-7-12(13)20-17(24)21-16(27)11-28-19-23-22-18-25(2)14-9-5-6-10-15(14)26(18)19/h3-10H,11H2,1-2H3,(H,20,21,27). The van der Waals surface area contributed by atoms with Gasteiger partial charge in [0.05, 0.1) is 27.8 Å². The molecule has 0 aliphatic rings. The number of nitrogens with zero attached hydrogens (tertiary/aromatic N) is 6. The van der Waals surface area contributed by atoms with Crippen molar-refractivity contribution in [1.29, 1.82) is 0 Å². The molecule has 9 heteroatoms. The van der Waals surface area contributed by atoms with E-state index in [0.29, 0.717) is 11.1 Å². The molecule has 1 amide bonds. The van der Waals surface area contributed by atoms with Crippen LogP contribution in [0.5, 0.6) is 0 Å². The van der Waals surface area contributed by atoms with E-state index in [9.17, 15) is 4.79 Å². The minimum atomic E-state index is -0.139. The van der Waals surface area contributed by atoms with Gasteiger partial charge in [0.15, 0.2) is 5.16 Å². The van der Waals surface area contributed by atoms with Gasteiger partial charge in [-0.1, -0.05) is 36.0 Å². The lowest BCUT2D eigenvalue weighted by atomic mass is 10.3. The Labute approximate surface area is 164 Å². The Morgan fingerprint density at radius 2 is 1.68 bits per heavy atom. The zero-order valence-corrected chi connectivity index (χ0v) is 16.1. The first-order valence-electron chi connectivity index (χ1n) is 8.76. The van der Waals surface area contributed by atoms with Crippen LogP contribution >= 0.6 is 11.8 Å². The summed E-state index contributed by atoms with van der Waals surface area (Å²) in [6, 6.07) is 15.8. The molecule has 28 heavy (non-hydrogen) atoms. The maximum atomic E-state index is 12.5. The number of thioether (sulfide) groups is 1. The molecule has 8 nitrogen and oxygen atoms in total. The Hall–Kier alpha value is -3.33. The fourth-order valence-corrected chi connectivity index (χ4v) is 4.12. The number of carbonyl (C=O) groups is 1. The predicted molar refractivity (Wildman–Crippen MR) is 110 cm³/mol. The van der Waals surface area contributed by atoms with Gasteiger partial charge in [-0.05, 0) is 24.3 Å². The molecule has 0 atom stereocenters. The quantitative estimate of drug-likeness (QED) is 0.477. The van der Waals surface area contributed by atoms with Crippen molar-refractivity contribution in [2.24, 2.45) is 14.1 Å². The number of anilines is 1. The minimum Gasteiger partial charge on any atom is -0.313 e. The summed E-state index contributed by atoms with van der Waals surface area (Å²) in [5, 5.41) is 12.1. The smallest absolute Gasteiger partial charge is 0.237 e. The summed E-state index contributed by atoms with van der Waals surface area (Å²) in [5.74, 6) is 1.36. The molecule has 0 fully saturated rings. The SMILES string of the molecule is Cn1c(NC(=O)CSc2nnc3n(C)c4ccccc4n23)nc2ccccc21. The molecule has 0 aliphatic heterocycles. The van der Waals surface area contributed by atoms with E-state index in [1.807, 2.05) is 76.2 Å². The van der Waals surface area contributed by atoms with Crippen molar-refractivity contribution in [3.63, 3.8) is 0 Å². The average molecular weight is 391 g/mol. The van der Waals surface area contributed by atoms with Crippen LogP contribution in [-0.2, 0) is 18.9 Å². The second-order valence-corrected chi connectivity index (χ2v) is 7.43. The molecule has 140 valence electrons. The zero-order valence-electron chi connectivity index (χ0n) is 15.3. The van der Waals surface area contributed by atoms with Crippen LogP contribution in [-0.4, -0.2) is 40.4 Å². The van der Waals surface area contributed by atoms with Gasteiger partial charge in [-0.25, -0.2) is 4.98 Å². The number of amides is 1. The zero-order chi connectivity index (χ0) is 19.3. The van der Waals surface area contributed by atoms with Gasteiger partial charge in [0.25, 0.3) is 0 Å². The molecular formula is C19H17N7OS. The van der Waals surface area contributed by atoms with Crippen molar-refractivity contribution >= 4 is 51.5 Å². The van der Waals surface area contributed by atoms with Crippen LogP contribution in [0.15, 0.2) is 53.7 Å². The molecule has 1 N–H and O–H groups in total. The lowest BCUT2D eigenvalue weighted by Crippen LogP contribution is -2.17. The third-order valence-corrected chi connectivity index (χ3v) is 5.70. The lowest BCUT2D eigenvalue weighted by molar-refractivity contribution is -0.113. The fourth-order valence-electron chi connectivity index (χ4n) is 3.38. The summed E-state index contributed by atoms with van der Waals surface area (Å²) in [6.07, 6.45) is 0. The predicted octanol–water partition coefficient (Wildman–Crippen LogP) is 2.84. The maximum Gasteiger partial charge on any atom is 0.237 e. The van der Waals surface area contributed by atoms with Crippen LogP contribution in [0.4, 0.5) is 5.95 Å². The van der Waals surface area contributed by atoms with Gasteiger partial charge >= 0.3 is 0 Å². The second-order valence-electron chi connectivity index (χ2n) is 6.49. The van der Waals surface area contributed by atoms with Crippen molar-refractivity contribution < 1.29 is 4.79 Å². The molecule has 0 saturated carbocycles. The molecule has 5 rings (SSSR count). The van der Waals surface area contributed by atoms with Crippen molar-refractivity contribution in [3.05, 3.63) is 48.5 Å². The second kappa shape index (κ2) is 6.38. The first-order chi connectivity index (χ1) is 13.6. The van der Waals surface area contributed by atoms with Gasteiger partial charge < -0.3 is 9.13 Å². The van der Waals surface area contributed by atoms with Gasteiger partial charge in [0, 0.05) is 14.1 Å². The highest BCUT2D eigenvalue weighted by Crippen LogP contribution is 2.25. The summed E-state index contributed by atoms with van der Waals surface area (Å²) < 4.78 is 5.84. The van der Waals surface area contributed by atoms with Gasteiger partial charge in [0.1, 0.15) is 0 Å². The molecule has 3 aromatic heterocycles. The molecule has 5 aromatic rings. The normalized spacial score (nSPS) is 11.6. The molecule has 3 heterocycles. The molecule has 0 radical (unpaired) electrons. The number of hydrogen-bond donors (Lipinski definition) is 1. The Bertz CT molecular complexity index is 1350. The van der Waals surface area contributed by atoms with Crippen LogP contribution in [0.25, 0.3) is 27.8 Å². The van der Waals surface area contributed by atoms with E-state index in [-0.39, 0.29) is 11.7 Å². The van der Waals surface area contributed by atoms with Gasteiger partial charge in [0.2, 0.25) is 17.6 Å². The minimum absolute atomic E-state index is 0.139. The van der Waals surface area contributed by atoms with Gasteiger partial charge in [-0.15, -0.1) is 10.2 Å². The Morgan fingerprint density at radius 3 is 2.46 bits per heavy atom. The van der Waals surface area contributed by atoms with Gasteiger partial charge in [-0.2, -0.15) is 0 Å². The monoisotopic (exact) mass is 391 g/mol. The van der Waals surface area contributed by atoms with Crippen molar-refractivity contribution in [2.45, 2.75) is 5.16 Å². The van der Waals surface area contributed by atoms with Crippen LogP contribution in [0, 0.1) is 0 Å². The number of carbonyl (C=O) groups excluding carboxylic acids is 1. The molecule has 0 unspecified atom stereocenters. The number of nitrogens with one attached hydrogen (secondary N) is 1. The number of rotatable bonds is 4. The maximum absolute atomic E-state index is 12.5. The summed E-state index contributed by atoms with van der Waals surface area (Å²) in [4.78, 5) is 17.0. The van der Waals surface area contributed by atoms with Crippen molar-refractivity contribution in [3.8, 4) is 0 Å². The van der Waals surface area contributed by atoms with E-state index in [1.165, 1.54) is 11.8 Å². The van der Waals surface area contributed by atoms with E-state index in [2.05, 4.69) is 20.5 Å². The number of aromatic nitrogens is 6. The number of benzene rings is 2. The third kappa shape index (κ3) is 2.55. The molecular weight excluding hydrogens is 374 g/mol. The Balaban J connectivity index is 1.38. The Morgan fingerprint density at radius 1 is 0.964 bits per heavy atom. The van der Waals surface area contributed by atoms with Crippen LogP contribution in [0.3, 0.4) is 0 Å². The molecule has 0 bridgehead atoms. The van der Waals surface area contributed by atoms with Crippen molar-refractivity contribution in [1.82, 2.24) is 28.7 Å². The molecule has 2 aromatic carbocycles. The van der Waals surface area contributed by atoms with E-state index in [0.717, 1.165) is 27.8 Å². The van der Waals surface area contributed by atoms with E-state index >= 15 is 0 Å². The first kappa shape index (κ1) is 16.8. The fraction of sp³-hybridized carbons (Fsp3) is 0.158. The highest BCUT2D eigenvalue weighted by Gasteiger charge is 2.17. The van der Waals surface area contributed by atoms with Crippen LogP contribution < -0.4 is 5.32 Å².